The van der Waals surface area contributed by atoms with Gasteiger partial charge in [-0.1, -0.05) is 30.8 Å². The zero-order valence-electron chi connectivity index (χ0n) is 11.6. The predicted octanol–water partition coefficient (Wildman–Crippen LogP) is 5.72. The third kappa shape index (κ3) is 1.40. The molecular weight excluding hydrogens is 308 g/mol. The Kier molecular flexibility index (Phi) is 2.33. The SMILES string of the molecule is C=C1c2ccc3ccsc3c2C(=O)c2c1ccc1ccsc21. The Labute approximate surface area is 135 Å². The number of hydrogen-bond acceptors (Lipinski definition) is 3. The van der Waals surface area contributed by atoms with E-state index in [4.69, 9.17) is 0 Å². The van der Waals surface area contributed by atoms with E-state index in [1.165, 1.54) is 0 Å². The molecule has 0 saturated carbocycles. The van der Waals surface area contributed by atoms with Gasteiger partial charge >= 0.3 is 0 Å². The van der Waals surface area contributed by atoms with Crippen LogP contribution in [0.4, 0.5) is 0 Å². The standard InChI is InChI=1S/C19H10OS2/c1-10-13-4-2-11-6-8-21-18(11)15(13)17(20)16-14(10)5-3-12-7-9-22-19(12)16/h2-9H,1H2. The van der Waals surface area contributed by atoms with Crippen LogP contribution >= 0.6 is 22.7 Å². The summed E-state index contributed by atoms with van der Waals surface area (Å²) >= 11 is 3.26. The van der Waals surface area contributed by atoms with Gasteiger partial charge in [0.2, 0.25) is 0 Å². The van der Waals surface area contributed by atoms with Crippen molar-refractivity contribution in [3.8, 4) is 0 Å². The van der Waals surface area contributed by atoms with Crippen LogP contribution in [0.5, 0.6) is 0 Å². The average molecular weight is 318 g/mol. The number of benzene rings is 2. The maximum absolute atomic E-state index is 13.2. The van der Waals surface area contributed by atoms with Crippen LogP contribution in [0, 0.1) is 0 Å². The summed E-state index contributed by atoms with van der Waals surface area (Å²) in [6, 6.07) is 12.4. The maximum Gasteiger partial charge on any atom is 0.197 e. The Morgan fingerprint density at radius 1 is 0.727 bits per heavy atom. The molecule has 2 aromatic carbocycles. The average Bonchev–Trinajstić information content (AvgIpc) is 3.18. The summed E-state index contributed by atoms with van der Waals surface area (Å²) in [5.41, 5.74) is 4.55. The molecule has 0 saturated heterocycles. The van der Waals surface area contributed by atoms with Gasteiger partial charge in [0.25, 0.3) is 0 Å². The molecule has 1 nitrogen and oxygen atoms in total. The Morgan fingerprint density at radius 3 is 1.73 bits per heavy atom. The lowest BCUT2D eigenvalue weighted by molar-refractivity contribution is 0.104. The molecule has 4 aromatic rings. The van der Waals surface area contributed by atoms with Crippen LogP contribution in [-0.2, 0) is 0 Å². The fraction of sp³-hybridized carbons (Fsp3) is 0. The van der Waals surface area contributed by atoms with E-state index >= 15 is 0 Å². The highest BCUT2D eigenvalue weighted by Gasteiger charge is 2.30. The van der Waals surface area contributed by atoms with Crippen LogP contribution in [0.1, 0.15) is 27.0 Å². The first-order valence-electron chi connectivity index (χ1n) is 7.00. The molecule has 0 bridgehead atoms. The summed E-state index contributed by atoms with van der Waals surface area (Å²) in [7, 11) is 0. The van der Waals surface area contributed by atoms with E-state index in [9.17, 15) is 4.79 Å². The molecule has 0 fully saturated rings. The summed E-state index contributed by atoms with van der Waals surface area (Å²) < 4.78 is 2.14. The number of carbonyl (C=O) groups is 1. The van der Waals surface area contributed by atoms with E-state index in [-0.39, 0.29) is 5.78 Å². The van der Waals surface area contributed by atoms with E-state index in [0.29, 0.717) is 0 Å². The number of carbonyl (C=O) groups excluding carboxylic acids is 1. The van der Waals surface area contributed by atoms with E-state index in [2.05, 4.69) is 30.8 Å². The summed E-state index contributed by atoms with van der Waals surface area (Å²) in [6.45, 7) is 4.27. The summed E-state index contributed by atoms with van der Waals surface area (Å²) in [5, 5.41) is 6.35. The normalized spacial score (nSPS) is 13.6. The number of thiophene rings is 2. The van der Waals surface area contributed by atoms with Crippen LogP contribution < -0.4 is 0 Å². The van der Waals surface area contributed by atoms with Gasteiger partial charge in [0, 0.05) is 20.5 Å². The van der Waals surface area contributed by atoms with Crippen LogP contribution in [0.25, 0.3) is 25.7 Å². The van der Waals surface area contributed by atoms with Crippen molar-refractivity contribution in [3.63, 3.8) is 0 Å². The van der Waals surface area contributed by atoms with Crippen LogP contribution in [0.15, 0.2) is 53.7 Å². The fourth-order valence-corrected chi connectivity index (χ4v) is 5.18. The third-order valence-electron chi connectivity index (χ3n) is 4.35. The lowest BCUT2D eigenvalue weighted by Gasteiger charge is -2.22. The Hall–Kier alpha value is -2.23. The molecule has 0 unspecified atom stereocenters. The Morgan fingerprint density at radius 2 is 1.23 bits per heavy atom. The van der Waals surface area contributed by atoms with Gasteiger partial charge in [0.15, 0.2) is 5.78 Å². The van der Waals surface area contributed by atoms with Crippen LogP contribution in [-0.4, -0.2) is 5.78 Å². The monoisotopic (exact) mass is 318 g/mol. The number of fused-ring (bicyclic) bond motifs is 6. The highest BCUT2D eigenvalue weighted by Crippen LogP contribution is 2.43. The second kappa shape index (κ2) is 4.15. The first kappa shape index (κ1) is 12.3. The largest absolute Gasteiger partial charge is 0.288 e. The minimum absolute atomic E-state index is 0.137. The van der Waals surface area contributed by atoms with Gasteiger partial charge in [-0.15, -0.1) is 22.7 Å². The van der Waals surface area contributed by atoms with Crippen LogP contribution in [0.2, 0.25) is 0 Å². The molecule has 5 rings (SSSR count). The molecule has 0 spiro atoms. The van der Waals surface area contributed by atoms with Crippen LogP contribution in [0.3, 0.4) is 0 Å². The zero-order valence-corrected chi connectivity index (χ0v) is 13.2. The summed E-state index contributed by atoms with van der Waals surface area (Å²) in [6.07, 6.45) is 0. The summed E-state index contributed by atoms with van der Waals surface area (Å²) in [5.74, 6) is 0.137. The van der Waals surface area contributed by atoms with Crippen molar-refractivity contribution in [2.24, 2.45) is 0 Å². The number of rotatable bonds is 0. The van der Waals surface area contributed by atoms with E-state index in [1.807, 2.05) is 22.9 Å². The molecule has 3 heteroatoms. The van der Waals surface area contributed by atoms with E-state index in [0.717, 1.165) is 48.0 Å². The molecule has 2 aromatic heterocycles. The van der Waals surface area contributed by atoms with Gasteiger partial charge in [-0.3, -0.25) is 4.79 Å². The van der Waals surface area contributed by atoms with Crippen molar-refractivity contribution in [1.29, 1.82) is 0 Å². The lowest BCUT2D eigenvalue weighted by atomic mass is 9.81. The second-order valence-electron chi connectivity index (χ2n) is 5.46. The number of hydrogen-bond donors (Lipinski definition) is 0. The van der Waals surface area contributed by atoms with Crippen molar-refractivity contribution < 1.29 is 4.79 Å². The molecule has 0 atom stereocenters. The summed E-state index contributed by atoms with van der Waals surface area (Å²) in [4.78, 5) is 13.2. The molecule has 0 N–H and O–H groups in total. The smallest absolute Gasteiger partial charge is 0.197 e. The van der Waals surface area contributed by atoms with Gasteiger partial charge in [0.1, 0.15) is 0 Å². The first-order valence-corrected chi connectivity index (χ1v) is 8.76. The van der Waals surface area contributed by atoms with Gasteiger partial charge in [-0.25, -0.2) is 0 Å². The van der Waals surface area contributed by atoms with Gasteiger partial charge in [-0.2, -0.15) is 0 Å². The maximum atomic E-state index is 13.2. The second-order valence-corrected chi connectivity index (χ2v) is 7.29. The van der Waals surface area contributed by atoms with Gasteiger partial charge < -0.3 is 0 Å². The predicted molar refractivity (Wildman–Crippen MR) is 95.2 cm³/mol. The Balaban J connectivity index is 1.96. The van der Waals surface area contributed by atoms with Gasteiger partial charge in [-0.05, 0) is 50.4 Å². The van der Waals surface area contributed by atoms with Crippen molar-refractivity contribution in [2.45, 2.75) is 0 Å². The van der Waals surface area contributed by atoms with Crippen molar-refractivity contribution in [1.82, 2.24) is 0 Å². The lowest BCUT2D eigenvalue weighted by Crippen LogP contribution is -2.14. The van der Waals surface area contributed by atoms with Crippen molar-refractivity contribution >= 4 is 54.2 Å². The van der Waals surface area contributed by atoms with E-state index in [1.54, 1.807) is 22.7 Å². The topological polar surface area (TPSA) is 17.1 Å². The molecule has 104 valence electrons. The molecule has 1 aliphatic rings. The molecule has 2 heterocycles. The fourth-order valence-electron chi connectivity index (χ4n) is 3.29. The highest BCUT2D eigenvalue weighted by atomic mass is 32.1. The Bertz CT molecular complexity index is 1030. The minimum Gasteiger partial charge on any atom is -0.288 e. The third-order valence-corrected chi connectivity index (χ3v) is 6.24. The molecule has 0 amide bonds. The van der Waals surface area contributed by atoms with E-state index < -0.39 is 0 Å². The zero-order chi connectivity index (χ0) is 14.8. The molecular formula is C19H10OS2. The molecule has 0 aliphatic heterocycles. The number of ketones is 1. The molecule has 0 radical (unpaired) electrons. The van der Waals surface area contributed by atoms with Crippen molar-refractivity contribution in [3.05, 3.63) is 76.0 Å². The van der Waals surface area contributed by atoms with Crippen molar-refractivity contribution in [2.75, 3.05) is 0 Å². The van der Waals surface area contributed by atoms with Gasteiger partial charge in [0.05, 0.1) is 0 Å². The minimum atomic E-state index is 0.137. The quantitative estimate of drug-likeness (QED) is 0.357. The highest BCUT2D eigenvalue weighted by molar-refractivity contribution is 7.18. The first-order chi connectivity index (χ1) is 10.8. The molecule has 22 heavy (non-hydrogen) atoms. The molecule has 1 aliphatic carbocycles.